The van der Waals surface area contributed by atoms with Crippen molar-refractivity contribution in [3.63, 3.8) is 0 Å². The van der Waals surface area contributed by atoms with Gasteiger partial charge >= 0.3 is 0 Å². The molecule has 18 heavy (non-hydrogen) atoms. The molecule has 0 radical (unpaired) electrons. The number of hydrogen-bond donors (Lipinski definition) is 1. The van der Waals surface area contributed by atoms with Gasteiger partial charge in [0.05, 0.1) is 6.26 Å². The molecule has 1 aromatic carbocycles. The fourth-order valence-corrected chi connectivity index (χ4v) is 2.24. The minimum atomic E-state index is 0.497. The first-order valence-electron chi connectivity index (χ1n) is 6.53. The lowest BCUT2D eigenvalue weighted by Gasteiger charge is -2.15. The fourth-order valence-electron chi connectivity index (χ4n) is 2.24. The summed E-state index contributed by atoms with van der Waals surface area (Å²) in [6.45, 7) is 2.14. The summed E-state index contributed by atoms with van der Waals surface area (Å²) < 4.78 is 5.37. The lowest BCUT2D eigenvalue weighted by Crippen LogP contribution is -2.28. The average Bonchev–Trinajstić information content (AvgIpc) is 2.87. The van der Waals surface area contributed by atoms with E-state index in [1.807, 2.05) is 19.2 Å². The van der Waals surface area contributed by atoms with E-state index in [9.17, 15) is 0 Å². The molecule has 0 saturated carbocycles. The quantitative estimate of drug-likeness (QED) is 0.841. The van der Waals surface area contributed by atoms with Gasteiger partial charge in [-0.05, 0) is 44.5 Å². The van der Waals surface area contributed by atoms with Gasteiger partial charge in [-0.25, -0.2) is 0 Å². The zero-order chi connectivity index (χ0) is 12.8. The van der Waals surface area contributed by atoms with Crippen LogP contribution in [0.2, 0.25) is 0 Å². The smallest absolute Gasteiger partial charge is 0.103 e. The zero-order valence-electron chi connectivity index (χ0n) is 11.1. The van der Waals surface area contributed by atoms with Crippen molar-refractivity contribution >= 4 is 0 Å². The minimum absolute atomic E-state index is 0.497. The number of benzene rings is 1. The number of likely N-dealkylation sites (N-methyl/N-ethyl adjacent to an activating group) is 1. The lowest BCUT2D eigenvalue weighted by atomic mass is 10.00. The van der Waals surface area contributed by atoms with Gasteiger partial charge in [-0.3, -0.25) is 0 Å². The van der Waals surface area contributed by atoms with Crippen LogP contribution in [0.1, 0.15) is 23.3 Å². The third-order valence-electron chi connectivity index (χ3n) is 3.29. The van der Waals surface area contributed by atoms with E-state index in [-0.39, 0.29) is 0 Å². The van der Waals surface area contributed by atoms with Crippen LogP contribution in [0.25, 0.3) is 0 Å². The Morgan fingerprint density at radius 1 is 1.22 bits per heavy atom. The normalized spacial score (nSPS) is 12.6. The maximum absolute atomic E-state index is 5.37. The molecular formula is C16H21NO. The summed E-state index contributed by atoms with van der Waals surface area (Å²) in [5.41, 5.74) is 2.72. The Labute approximate surface area is 109 Å². The molecule has 0 aliphatic heterocycles. The van der Waals surface area contributed by atoms with E-state index in [1.54, 1.807) is 6.26 Å². The van der Waals surface area contributed by atoms with Gasteiger partial charge in [0.15, 0.2) is 0 Å². The topological polar surface area (TPSA) is 25.2 Å². The van der Waals surface area contributed by atoms with Gasteiger partial charge in [-0.1, -0.05) is 29.8 Å². The Balaban J connectivity index is 1.89. The molecule has 0 aliphatic carbocycles. The molecule has 0 amide bonds. The zero-order valence-corrected chi connectivity index (χ0v) is 11.1. The third-order valence-corrected chi connectivity index (χ3v) is 3.29. The SMILES string of the molecule is CNC(CCc1ccco1)Cc1cccc(C)c1. The van der Waals surface area contributed by atoms with Crippen molar-refractivity contribution in [1.82, 2.24) is 5.32 Å². The van der Waals surface area contributed by atoms with Crippen molar-refractivity contribution < 1.29 is 4.42 Å². The molecule has 0 aliphatic rings. The fraction of sp³-hybridized carbons (Fsp3) is 0.375. The highest BCUT2D eigenvalue weighted by Gasteiger charge is 2.08. The number of nitrogens with one attached hydrogen (secondary N) is 1. The number of hydrogen-bond acceptors (Lipinski definition) is 2. The number of rotatable bonds is 6. The molecule has 0 saturated heterocycles. The summed E-state index contributed by atoms with van der Waals surface area (Å²) >= 11 is 0. The van der Waals surface area contributed by atoms with E-state index in [1.165, 1.54) is 11.1 Å². The molecule has 2 aromatic rings. The molecule has 0 spiro atoms. The molecule has 96 valence electrons. The first-order valence-corrected chi connectivity index (χ1v) is 6.53. The summed E-state index contributed by atoms with van der Waals surface area (Å²) in [5, 5.41) is 3.39. The van der Waals surface area contributed by atoms with E-state index >= 15 is 0 Å². The van der Waals surface area contributed by atoms with Gasteiger partial charge in [-0.2, -0.15) is 0 Å². The monoisotopic (exact) mass is 243 g/mol. The molecule has 1 atom stereocenters. The van der Waals surface area contributed by atoms with Gasteiger partial charge in [0.2, 0.25) is 0 Å². The van der Waals surface area contributed by atoms with Crippen LogP contribution in [-0.2, 0) is 12.8 Å². The second-order valence-electron chi connectivity index (χ2n) is 4.80. The Kier molecular flexibility index (Phi) is 4.59. The third kappa shape index (κ3) is 3.74. The maximum atomic E-state index is 5.37. The van der Waals surface area contributed by atoms with E-state index in [4.69, 9.17) is 4.42 Å². The predicted molar refractivity (Wildman–Crippen MR) is 74.8 cm³/mol. The van der Waals surface area contributed by atoms with Crippen molar-refractivity contribution in [2.45, 2.75) is 32.2 Å². The van der Waals surface area contributed by atoms with Gasteiger partial charge in [-0.15, -0.1) is 0 Å². The molecule has 2 nitrogen and oxygen atoms in total. The van der Waals surface area contributed by atoms with E-state index in [0.717, 1.165) is 25.0 Å². The van der Waals surface area contributed by atoms with Crippen molar-refractivity contribution in [2.24, 2.45) is 0 Å². The van der Waals surface area contributed by atoms with Crippen LogP contribution in [-0.4, -0.2) is 13.1 Å². The predicted octanol–water partition coefficient (Wildman–Crippen LogP) is 3.35. The molecule has 1 N–H and O–H groups in total. The average molecular weight is 243 g/mol. The molecular weight excluding hydrogens is 222 g/mol. The lowest BCUT2D eigenvalue weighted by molar-refractivity contribution is 0.460. The second kappa shape index (κ2) is 6.41. The van der Waals surface area contributed by atoms with Crippen LogP contribution < -0.4 is 5.32 Å². The van der Waals surface area contributed by atoms with Gasteiger partial charge < -0.3 is 9.73 Å². The molecule has 0 bridgehead atoms. The largest absolute Gasteiger partial charge is 0.469 e. The van der Waals surface area contributed by atoms with Crippen molar-refractivity contribution in [2.75, 3.05) is 7.05 Å². The molecule has 1 heterocycles. The summed E-state index contributed by atoms with van der Waals surface area (Å²) in [5.74, 6) is 1.07. The molecule has 1 unspecified atom stereocenters. The summed E-state index contributed by atoms with van der Waals surface area (Å²) in [4.78, 5) is 0. The van der Waals surface area contributed by atoms with E-state index in [0.29, 0.717) is 6.04 Å². The second-order valence-corrected chi connectivity index (χ2v) is 4.80. The first kappa shape index (κ1) is 12.9. The molecule has 2 rings (SSSR count). The Bertz CT molecular complexity index is 462. The van der Waals surface area contributed by atoms with Crippen molar-refractivity contribution in [1.29, 1.82) is 0 Å². The van der Waals surface area contributed by atoms with Crippen molar-refractivity contribution in [3.8, 4) is 0 Å². The van der Waals surface area contributed by atoms with Gasteiger partial charge in [0.1, 0.15) is 5.76 Å². The molecule has 1 aromatic heterocycles. The highest BCUT2D eigenvalue weighted by atomic mass is 16.3. The van der Waals surface area contributed by atoms with Gasteiger partial charge in [0.25, 0.3) is 0 Å². The highest BCUT2D eigenvalue weighted by Crippen LogP contribution is 2.11. The number of furan rings is 1. The molecule has 2 heteroatoms. The van der Waals surface area contributed by atoms with Crippen LogP contribution in [0.5, 0.6) is 0 Å². The summed E-state index contributed by atoms with van der Waals surface area (Å²) in [7, 11) is 2.03. The van der Waals surface area contributed by atoms with Crippen LogP contribution in [0.4, 0.5) is 0 Å². The van der Waals surface area contributed by atoms with E-state index < -0.39 is 0 Å². The van der Waals surface area contributed by atoms with Crippen molar-refractivity contribution in [3.05, 3.63) is 59.5 Å². The highest BCUT2D eigenvalue weighted by molar-refractivity contribution is 5.23. The Hall–Kier alpha value is -1.54. The maximum Gasteiger partial charge on any atom is 0.103 e. The van der Waals surface area contributed by atoms with Crippen LogP contribution in [0.3, 0.4) is 0 Å². The standard InChI is InChI=1S/C16H21NO/c1-13-5-3-6-14(11-13)12-15(17-2)8-9-16-7-4-10-18-16/h3-7,10-11,15,17H,8-9,12H2,1-2H3. The Morgan fingerprint density at radius 3 is 2.78 bits per heavy atom. The Morgan fingerprint density at radius 2 is 2.11 bits per heavy atom. The van der Waals surface area contributed by atoms with Crippen LogP contribution in [0.15, 0.2) is 47.1 Å². The number of aryl methyl sites for hydroxylation is 2. The van der Waals surface area contributed by atoms with Gasteiger partial charge in [0, 0.05) is 12.5 Å². The van der Waals surface area contributed by atoms with Crippen LogP contribution >= 0.6 is 0 Å². The minimum Gasteiger partial charge on any atom is -0.469 e. The first-order chi connectivity index (χ1) is 8.78. The van der Waals surface area contributed by atoms with E-state index in [2.05, 4.69) is 36.5 Å². The molecule has 0 fully saturated rings. The van der Waals surface area contributed by atoms with Crippen LogP contribution in [0, 0.1) is 6.92 Å². The summed E-state index contributed by atoms with van der Waals surface area (Å²) in [6.07, 6.45) is 4.89. The summed E-state index contributed by atoms with van der Waals surface area (Å²) in [6, 6.07) is 13.2.